The van der Waals surface area contributed by atoms with E-state index in [0.29, 0.717) is 37.6 Å². The fourth-order valence-corrected chi connectivity index (χ4v) is 5.70. The van der Waals surface area contributed by atoms with Crippen molar-refractivity contribution in [3.05, 3.63) is 53.3 Å². The molecule has 2 saturated heterocycles. The fraction of sp³-hybridized carbons (Fsp3) is 0.444. The molecule has 0 unspecified atom stereocenters. The van der Waals surface area contributed by atoms with Crippen molar-refractivity contribution in [3.8, 4) is 17.0 Å². The summed E-state index contributed by atoms with van der Waals surface area (Å²) >= 11 is 6.84. The molecular weight excluding hydrogens is 497 g/mol. The van der Waals surface area contributed by atoms with E-state index in [-0.39, 0.29) is 58.6 Å². The number of rotatable bonds is 3. The van der Waals surface area contributed by atoms with E-state index in [1.165, 1.54) is 12.1 Å². The van der Waals surface area contributed by atoms with E-state index in [9.17, 15) is 14.0 Å². The summed E-state index contributed by atoms with van der Waals surface area (Å²) in [5.74, 6) is -0.230. The summed E-state index contributed by atoms with van der Waals surface area (Å²) in [4.78, 5) is 39.0. The lowest BCUT2D eigenvalue weighted by atomic mass is 10.0. The maximum absolute atomic E-state index is 14.9. The van der Waals surface area contributed by atoms with Gasteiger partial charge in [0.15, 0.2) is 5.75 Å². The van der Waals surface area contributed by atoms with Gasteiger partial charge in [-0.1, -0.05) is 30.3 Å². The number of hydrogen-bond acceptors (Lipinski definition) is 6. The first kappa shape index (κ1) is 25.5. The molecule has 0 saturated carbocycles. The number of anilines is 1. The predicted molar refractivity (Wildman–Crippen MR) is 141 cm³/mol. The molecule has 0 bridgehead atoms. The van der Waals surface area contributed by atoms with Crippen molar-refractivity contribution in [1.82, 2.24) is 19.7 Å². The topological polar surface area (TPSA) is 69.2 Å². The Kier molecular flexibility index (Phi) is 6.85. The van der Waals surface area contributed by atoms with Gasteiger partial charge >= 0.3 is 0 Å². The third-order valence-electron chi connectivity index (χ3n) is 7.64. The van der Waals surface area contributed by atoms with Crippen LogP contribution in [0.4, 0.5) is 10.2 Å². The van der Waals surface area contributed by atoms with E-state index in [2.05, 4.69) is 37.3 Å². The van der Waals surface area contributed by atoms with Crippen LogP contribution < -0.4 is 9.64 Å². The standard InChI is InChI=1S/C27H31ClFN5O3/c1-5-21(35)32-10-11-33-18(14-32)15-37-25-22(27(33)36)26(34-13-16(2)31(4)12-17(34)3)30-24(23(25)28)19-8-6-7-9-20(19)29/h5-9,16-18H,1,10-15H2,2-4H3/t16-,17+,18-/m1/s1. The van der Waals surface area contributed by atoms with Crippen LogP contribution in [0.25, 0.3) is 11.3 Å². The van der Waals surface area contributed by atoms with Crippen LogP contribution in [0.5, 0.6) is 5.75 Å². The Labute approximate surface area is 221 Å². The fourth-order valence-electron chi connectivity index (χ4n) is 5.41. The summed E-state index contributed by atoms with van der Waals surface area (Å²) in [5.41, 5.74) is 0.773. The van der Waals surface area contributed by atoms with E-state index < -0.39 is 5.82 Å². The number of piperazine rings is 2. The van der Waals surface area contributed by atoms with Gasteiger partial charge in [0.25, 0.3) is 5.91 Å². The van der Waals surface area contributed by atoms with Gasteiger partial charge < -0.3 is 19.4 Å². The Balaban J connectivity index is 1.66. The highest BCUT2D eigenvalue weighted by Gasteiger charge is 2.42. The summed E-state index contributed by atoms with van der Waals surface area (Å²) in [7, 11) is 2.07. The summed E-state index contributed by atoms with van der Waals surface area (Å²) < 4.78 is 21.2. The molecule has 10 heteroatoms. The van der Waals surface area contributed by atoms with Gasteiger partial charge in [-0.3, -0.25) is 14.5 Å². The maximum atomic E-state index is 14.9. The van der Waals surface area contributed by atoms with Gasteiger partial charge in [0.2, 0.25) is 5.91 Å². The van der Waals surface area contributed by atoms with Crippen LogP contribution >= 0.6 is 11.6 Å². The molecule has 5 rings (SSSR count). The lowest BCUT2D eigenvalue weighted by Crippen LogP contribution is -2.58. The number of fused-ring (bicyclic) bond motifs is 2. The Morgan fingerprint density at radius 2 is 1.92 bits per heavy atom. The highest BCUT2D eigenvalue weighted by Crippen LogP contribution is 2.44. The largest absolute Gasteiger partial charge is 0.489 e. The van der Waals surface area contributed by atoms with Crippen molar-refractivity contribution in [2.45, 2.75) is 32.0 Å². The molecule has 2 fully saturated rings. The van der Waals surface area contributed by atoms with Gasteiger partial charge in [-0.25, -0.2) is 9.37 Å². The molecule has 1 aromatic heterocycles. The normalized spacial score (nSPS) is 24.2. The number of aromatic nitrogens is 1. The number of pyridine rings is 1. The Bertz CT molecular complexity index is 1260. The second-order valence-corrected chi connectivity index (χ2v) is 10.4. The minimum atomic E-state index is -0.460. The van der Waals surface area contributed by atoms with E-state index >= 15 is 0 Å². The van der Waals surface area contributed by atoms with Gasteiger partial charge in [0, 0.05) is 50.4 Å². The number of hydrogen-bond donors (Lipinski definition) is 0. The molecule has 2 amide bonds. The molecule has 3 aliphatic heterocycles. The first-order valence-electron chi connectivity index (χ1n) is 12.5. The Hall–Kier alpha value is -3.17. The minimum absolute atomic E-state index is 0.0429. The van der Waals surface area contributed by atoms with Crippen molar-refractivity contribution >= 4 is 29.2 Å². The van der Waals surface area contributed by atoms with E-state index in [0.717, 1.165) is 6.54 Å². The monoisotopic (exact) mass is 527 g/mol. The lowest BCUT2D eigenvalue weighted by molar-refractivity contribution is -0.128. The van der Waals surface area contributed by atoms with Gasteiger partial charge in [0.1, 0.15) is 28.8 Å². The Morgan fingerprint density at radius 3 is 2.65 bits per heavy atom. The van der Waals surface area contributed by atoms with Crippen LogP contribution in [0, 0.1) is 5.82 Å². The highest BCUT2D eigenvalue weighted by molar-refractivity contribution is 6.35. The molecule has 2 aromatic rings. The van der Waals surface area contributed by atoms with Crippen LogP contribution in [0.3, 0.4) is 0 Å². The highest BCUT2D eigenvalue weighted by atomic mass is 35.5. The molecule has 196 valence electrons. The number of carbonyl (C=O) groups is 2. The molecule has 3 atom stereocenters. The third kappa shape index (κ3) is 4.44. The number of ether oxygens (including phenoxy) is 1. The van der Waals surface area contributed by atoms with E-state index in [4.69, 9.17) is 21.3 Å². The summed E-state index contributed by atoms with van der Waals surface area (Å²) in [6.45, 7) is 10.4. The molecule has 4 heterocycles. The van der Waals surface area contributed by atoms with Gasteiger partial charge in [0.05, 0.1) is 11.7 Å². The summed E-state index contributed by atoms with van der Waals surface area (Å²) in [6, 6.07) is 6.20. The predicted octanol–water partition coefficient (Wildman–Crippen LogP) is 3.30. The van der Waals surface area contributed by atoms with Gasteiger partial charge in [-0.2, -0.15) is 0 Å². The number of carbonyl (C=O) groups excluding carboxylic acids is 2. The average Bonchev–Trinajstić information content (AvgIpc) is 3.03. The van der Waals surface area contributed by atoms with Crippen LogP contribution in [-0.4, -0.2) is 96.0 Å². The van der Waals surface area contributed by atoms with Crippen molar-refractivity contribution in [2.75, 3.05) is 51.3 Å². The van der Waals surface area contributed by atoms with Crippen molar-refractivity contribution in [3.63, 3.8) is 0 Å². The molecule has 1 aromatic carbocycles. The molecule has 8 nitrogen and oxygen atoms in total. The number of amides is 2. The van der Waals surface area contributed by atoms with E-state index in [1.54, 1.807) is 28.0 Å². The number of likely N-dealkylation sites (N-methyl/N-ethyl adjacent to an activating group) is 1. The van der Waals surface area contributed by atoms with Crippen LogP contribution in [-0.2, 0) is 4.79 Å². The van der Waals surface area contributed by atoms with Gasteiger partial charge in [-0.15, -0.1) is 0 Å². The SMILES string of the molecule is C=CC(=O)N1CCN2C(=O)c3c(N4C[C@@H](C)N(C)C[C@@H]4C)nc(-c4ccccc4F)c(Cl)c3OC[C@H]2C1. The van der Waals surface area contributed by atoms with Crippen LogP contribution in [0.2, 0.25) is 5.02 Å². The molecule has 0 N–H and O–H groups in total. The van der Waals surface area contributed by atoms with Crippen molar-refractivity contribution in [1.29, 1.82) is 0 Å². The maximum Gasteiger partial charge on any atom is 0.261 e. The van der Waals surface area contributed by atoms with Crippen LogP contribution in [0.1, 0.15) is 24.2 Å². The molecular formula is C27H31ClFN5O3. The summed E-state index contributed by atoms with van der Waals surface area (Å²) in [6.07, 6.45) is 1.28. The molecule has 0 radical (unpaired) electrons. The lowest BCUT2D eigenvalue weighted by Gasteiger charge is -2.44. The number of benzene rings is 1. The van der Waals surface area contributed by atoms with E-state index in [1.807, 2.05) is 0 Å². The molecule has 0 spiro atoms. The Morgan fingerprint density at radius 1 is 1.16 bits per heavy atom. The smallest absolute Gasteiger partial charge is 0.261 e. The van der Waals surface area contributed by atoms with Crippen molar-refractivity contribution < 1.29 is 18.7 Å². The molecule has 3 aliphatic rings. The first-order chi connectivity index (χ1) is 17.7. The van der Waals surface area contributed by atoms with Crippen LogP contribution in [0.15, 0.2) is 36.9 Å². The number of halogens is 2. The quantitative estimate of drug-likeness (QED) is 0.571. The molecule has 0 aliphatic carbocycles. The third-order valence-corrected chi connectivity index (χ3v) is 7.99. The second kappa shape index (κ2) is 9.95. The molecule has 37 heavy (non-hydrogen) atoms. The first-order valence-corrected chi connectivity index (χ1v) is 12.9. The number of nitrogens with zero attached hydrogens (tertiary/aromatic N) is 5. The summed E-state index contributed by atoms with van der Waals surface area (Å²) in [5, 5.41) is 0.103. The second-order valence-electron chi connectivity index (χ2n) is 10.0. The minimum Gasteiger partial charge on any atom is -0.489 e. The average molecular weight is 528 g/mol. The zero-order valence-corrected chi connectivity index (χ0v) is 22.0. The van der Waals surface area contributed by atoms with Crippen molar-refractivity contribution in [2.24, 2.45) is 0 Å². The zero-order chi connectivity index (χ0) is 26.4. The zero-order valence-electron chi connectivity index (χ0n) is 21.3. The van der Waals surface area contributed by atoms with Gasteiger partial charge in [-0.05, 0) is 39.1 Å².